The maximum absolute atomic E-state index is 10.0. The average molecular weight is 236 g/mol. The van der Waals surface area contributed by atoms with E-state index in [0.717, 1.165) is 0 Å². The Morgan fingerprint density at radius 2 is 2.33 bits per heavy atom. The summed E-state index contributed by atoms with van der Waals surface area (Å²) in [6.45, 7) is 3.50. The van der Waals surface area contributed by atoms with Gasteiger partial charge in [-0.05, 0) is 0 Å². The van der Waals surface area contributed by atoms with E-state index in [-0.39, 0.29) is 6.61 Å². The SMILES string of the molecule is CC(C)(COC(=O)O)C(Br)C#N. The zero-order chi connectivity index (χ0) is 9.78. The zero-order valence-electron chi connectivity index (χ0n) is 6.87. The molecule has 0 aromatic heterocycles. The number of hydrogen-bond acceptors (Lipinski definition) is 3. The van der Waals surface area contributed by atoms with E-state index >= 15 is 0 Å². The molecule has 5 heteroatoms. The van der Waals surface area contributed by atoms with Gasteiger partial charge < -0.3 is 9.84 Å². The molecule has 0 bridgehead atoms. The van der Waals surface area contributed by atoms with Gasteiger partial charge in [0.1, 0.15) is 11.4 Å². The molecule has 1 unspecified atom stereocenters. The molecule has 0 aromatic carbocycles. The minimum atomic E-state index is -1.32. The van der Waals surface area contributed by atoms with Gasteiger partial charge in [-0.3, -0.25) is 0 Å². The number of rotatable bonds is 3. The number of carboxylic acid groups (broad SMARTS) is 1. The Balaban J connectivity index is 4.05. The third-order valence-electron chi connectivity index (χ3n) is 1.37. The molecule has 0 rings (SSSR count). The molecule has 0 fully saturated rings. The monoisotopic (exact) mass is 235 g/mol. The minimum absolute atomic E-state index is 0.00576. The molecule has 0 aliphatic carbocycles. The molecule has 0 aliphatic rings. The summed E-state index contributed by atoms with van der Waals surface area (Å²) in [5.41, 5.74) is -0.507. The molecule has 0 heterocycles. The standard InChI is InChI=1S/C7H10BrNO3/c1-7(2,5(8)3-9)4-12-6(10)11/h5H,4H2,1-2H3,(H,10,11). The second-order valence-electron chi connectivity index (χ2n) is 3.03. The van der Waals surface area contributed by atoms with Crippen LogP contribution in [0.1, 0.15) is 13.8 Å². The van der Waals surface area contributed by atoms with Crippen LogP contribution in [-0.2, 0) is 4.74 Å². The van der Waals surface area contributed by atoms with E-state index in [1.54, 1.807) is 13.8 Å². The van der Waals surface area contributed by atoms with Crippen LogP contribution in [0.15, 0.2) is 0 Å². The van der Waals surface area contributed by atoms with E-state index in [0.29, 0.717) is 0 Å². The summed E-state index contributed by atoms with van der Waals surface area (Å²) in [4.78, 5) is 9.62. The van der Waals surface area contributed by atoms with Crippen LogP contribution >= 0.6 is 15.9 Å². The number of nitrogens with zero attached hydrogens (tertiary/aromatic N) is 1. The Labute approximate surface area is 79.3 Å². The van der Waals surface area contributed by atoms with E-state index in [4.69, 9.17) is 10.4 Å². The van der Waals surface area contributed by atoms with Crippen molar-refractivity contribution < 1.29 is 14.6 Å². The van der Waals surface area contributed by atoms with Crippen LogP contribution in [-0.4, -0.2) is 22.7 Å². The van der Waals surface area contributed by atoms with Gasteiger partial charge in [0.2, 0.25) is 0 Å². The molecule has 0 amide bonds. The van der Waals surface area contributed by atoms with E-state index < -0.39 is 16.4 Å². The van der Waals surface area contributed by atoms with Crippen LogP contribution < -0.4 is 0 Å². The second kappa shape index (κ2) is 4.31. The number of nitriles is 1. The summed E-state index contributed by atoms with van der Waals surface area (Å²) >= 11 is 3.11. The molecule has 0 aliphatic heterocycles. The summed E-state index contributed by atoms with van der Waals surface area (Å²) in [5, 5.41) is 16.7. The van der Waals surface area contributed by atoms with Gasteiger partial charge in [-0.2, -0.15) is 5.26 Å². The third-order valence-corrected chi connectivity index (χ3v) is 2.81. The van der Waals surface area contributed by atoms with Gasteiger partial charge >= 0.3 is 6.16 Å². The molecule has 0 radical (unpaired) electrons. The molecule has 4 nitrogen and oxygen atoms in total. The first-order chi connectivity index (χ1) is 5.40. The Morgan fingerprint density at radius 3 is 2.67 bits per heavy atom. The fourth-order valence-corrected chi connectivity index (χ4v) is 0.628. The molecule has 0 aromatic rings. The van der Waals surface area contributed by atoms with Gasteiger partial charge in [-0.1, -0.05) is 29.8 Å². The van der Waals surface area contributed by atoms with Crippen LogP contribution in [0.3, 0.4) is 0 Å². The summed E-state index contributed by atoms with van der Waals surface area (Å²) in [7, 11) is 0. The smallest absolute Gasteiger partial charge is 0.450 e. The Hall–Kier alpha value is -0.760. The van der Waals surface area contributed by atoms with Crippen molar-refractivity contribution in [3.05, 3.63) is 0 Å². The molecule has 0 saturated carbocycles. The lowest BCUT2D eigenvalue weighted by Gasteiger charge is -2.24. The highest BCUT2D eigenvalue weighted by atomic mass is 79.9. The van der Waals surface area contributed by atoms with E-state index in [9.17, 15) is 4.79 Å². The number of hydrogen-bond donors (Lipinski definition) is 1. The average Bonchev–Trinajstić information content (AvgIpc) is 1.99. The van der Waals surface area contributed by atoms with Gasteiger partial charge in [0.25, 0.3) is 0 Å². The predicted octanol–water partition coefficient (Wildman–Crippen LogP) is 1.99. The molecule has 0 saturated heterocycles. The van der Waals surface area contributed by atoms with Crippen molar-refractivity contribution in [2.75, 3.05) is 6.61 Å². The Morgan fingerprint density at radius 1 is 1.83 bits per heavy atom. The predicted molar refractivity (Wildman–Crippen MR) is 46.1 cm³/mol. The molecule has 1 atom stereocenters. The van der Waals surface area contributed by atoms with E-state index in [1.165, 1.54) is 0 Å². The summed E-state index contributed by atoms with van der Waals surface area (Å²) in [5.74, 6) is 0. The largest absolute Gasteiger partial charge is 0.505 e. The molecule has 12 heavy (non-hydrogen) atoms. The van der Waals surface area contributed by atoms with E-state index in [1.807, 2.05) is 6.07 Å². The molecular formula is C7H10BrNO3. The fraction of sp³-hybridized carbons (Fsp3) is 0.714. The fourth-order valence-electron chi connectivity index (χ4n) is 0.496. The van der Waals surface area contributed by atoms with Crippen molar-refractivity contribution >= 4 is 22.1 Å². The summed E-state index contributed by atoms with van der Waals surface area (Å²) in [6, 6.07) is 1.97. The number of carbonyl (C=O) groups is 1. The lowest BCUT2D eigenvalue weighted by Crippen LogP contribution is -2.29. The third kappa shape index (κ3) is 3.58. The molecular weight excluding hydrogens is 226 g/mol. The van der Waals surface area contributed by atoms with Crippen molar-refractivity contribution in [1.29, 1.82) is 5.26 Å². The Kier molecular flexibility index (Phi) is 4.04. The number of alkyl halides is 1. The molecule has 68 valence electrons. The molecule has 1 N–H and O–H groups in total. The summed E-state index contributed by atoms with van der Waals surface area (Å²) in [6.07, 6.45) is -1.32. The van der Waals surface area contributed by atoms with Crippen LogP contribution in [0.25, 0.3) is 0 Å². The zero-order valence-corrected chi connectivity index (χ0v) is 8.46. The van der Waals surface area contributed by atoms with Gasteiger partial charge in [-0.15, -0.1) is 0 Å². The van der Waals surface area contributed by atoms with Crippen LogP contribution in [0, 0.1) is 16.7 Å². The lowest BCUT2D eigenvalue weighted by molar-refractivity contribution is 0.0601. The number of halogens is 1. The first-order valence-electron chi connectivity index (χ1n) is 3.29. The second-order valence-corrected chi connectivity index (χ2v) is 3.95. The van der Waals surface area contributed by atoms with E-state index in [2.05, 4.69) is 20.7 Å². The quantitative estimate of drug-likeness (QED) is 0.600. The van der Waals surface area contributed by atoms with Crippen LogP contribution in [0.5, 0.6) is 0 Å². The normalized spacial score (nSPS) is 13.2. The lowest BCUT2D eigenvalue weighted by atomic mass is 9.91. The van der Waals surface area contributed by atoms with Gasteiger partial charge in [0, 0.05) is 5.41 Å². The maximum atomic E-state index is 10.0. The highest BCUT2D eigenvalue weighted by Gasteiger charge is 2.29. The first-order valence-corrected chi connectivity index (χ1v) is 4.21. The summed E-state index contributed by atoms with van der Waals surface area (Å²) < 4.78 is 4.37. The van der Waals surface area contributed by atoms with Gasteiger partial charge in [0.05, 0.1) is 6.07 Å². The van der Waals surface area contributed by atoms with Crippen LogP contribution in [0.2, 0.25) is 0 Å². The van der Waals surface area contributed by atoms with Crippen molar-refractivity contribution in [3.8, 4) is 6.07 Å². The highest BCUT2D eigenvalue weighted by Crippen LogP contribution is 2.26. The minimum Gasteiger partial charge on any atom is -0.450 e. The topological polar surface area (TPSA) is 70.3 Å². The van der Waals surface area contributed by atoms with Crippen molar-refractivity contribution in [2.24, 2.45) is 5.41 Å². The van der Waals surface area contributed by atoms with Crippen molar-refractivity contribution in [3.63, 3.8) is 0 Å². The number of ether oxygens (including phenoxy) is 1. The van der Waals surface area contributed by atoms with Gasteiger partial charge in [-0.25, -0.2) is 4.79 Å². The van der Waals surface area contributed by atoms with Crippen LogP contribution in [0.4, 0.5) is 4.79 Å². The first kappa shape index (κ1) is 11.2. The van der Waals surface area contributed by atoms with Gasteiger partial charge in [0.15, 0.2) is 0 Å². The van der Waals surface area contributed by atoms with Crippen molar-refractivity contribution in [2.45, 2.75) is 18.7 Å². The maximum Gasteiger partial charge on any atom is 0.505 e. The van der Waals surface area contributed by atoms with Crippen molar-refractivity contribution in [1.82, 2.24) is 0 Å². The highest BCUT2D eigenvalue weighted by molar-refractivity contribution is 9.09. The Bertz CT molecular complexity index is 209. The molecule has 0 spiro atoms.